The van der Waals surface area contributed by atoms with Crippen LogP contribution < -0.4 is 5.32 Å². The molecule has 2 aliphatic heterocycles. The molecule has 2 atom stereocenters. The lowest BCUT2D eigenvalue weighted by atomic mass is 9.70. The van der Waals surface area contributed by atoms with Crippen LogP contribution in [0.1, 0.15) is 11.1 Å². The number of benzene rings is 1. The maximum atomic E-state index is 11.4. The highest BCUT2D eigenvalue weighted by Crippen LogP contribution is 2.40. The molecule has 0 aliphatic carbocycles. The molecule has 1 spiro atoms. The lowest BCUT2D eigenvalue weighted by molar-refractivity contribution is -0.144. The minimum Gasteiger partial charge on any atom is -0.481 e. The van der Waals surface area contributed by atoms with Crippen LogP contribution in [0, 0.1) is 5.92 Å². The molecular weight excluding hydrogens is 218 g/mol. The number of hydrogen-bond acceptors (Lipinski definition) is 3. The number of rotatable bonds is 1. The molecular formula is C13H15NO3. The topological polar surface area (TPSA) is 58.6 Å². The second-order valence-electron chi connectivity index (χ2n) is 4.83. The minimum atomic E-state index is -0.740. The van der Waals surface area contributed by atoms with Crippen molar-refractivity contribution >= 4 is 5.97 Å². The van der Waals surface area contributed by atoms with Gasteiger partial charge in [-0.25, -0.2) is 0 Å². The van der Waals surface area contributed by atoms with E-state index in [0.29, 0.717) is 26.3 Å². The number of carboxylic acid groups (broad SMARTS) is 1. The van der Waals surface area contributed by atoms with Crippen LogP contribution in [0.3, 0.4) is 0 Å². The number of ether oxygens (including phenoxy) is 1. The van der Waals surface area contributed by atoms with Crippen molar-refractivity contribution in [2.24, 2.45) is 5.92 Å². The Morgan fingerprint density at radius 2 is 2.29 bits per heavy atom. The second-order valence-corrected chi connectivity index (χ2v) is 4.83. The Kier molecular flexibility index (Phi) is 2.42. The fourth-order valence-corrected chi connectivity index (χ4v) is 3.07. The van der Waals surface area contributed by atoms with Gasteiger partial charge in [0.1, 0.15) is 0 Å². The number of hydrogen-bond donors (Lipinski definition) is 2. The summed E-state index contributed by atoms with van der Waals surface area (Å²) in [7, 11) is 0. The highest BCUT2D eigenvalue weighted by atomic mass is 16.5. The fraction of sp³-hybridized carbons (Fsp3) is 0.462. The van der Waals surface area contributed by atoms with Crippen LogP contribution in [0.4, 0.5) is 0 Å². The molecule has 0 aromatic heterocycles. The molecule has 2 heterocycles. The van der Waals surface area contributed by atoms with Crippen molar-refractivity contribution in [1.29, 1.82) is 0 Å². The zero-order valence-corrected chi connectivity index (χ0v) is 9.48. The predicted molar refractivity (Wildman–Crippen MR) is 61.8 cm³/mol. The van der Waals surface area contributed by atoms with Crippen molar-refractivity contribution in [3.63, 3.8) is 0 Å². The molecule has 1 saturated heterocycles. The number of fused-ring (bicyclic) bond motifs is 2. The van der Waals surface area contributed by atoms with E-state index in [0.717, 1.165) is 11.1 Å². The summed E-state index contributed by atoms with van der Waals surface area (Å²) in [5.74, 6) is -1.14. The van der Waals surface area contributed by atoms with Crippen molar-refractivity contribution in [1.82, 2.24) is 5.32 Å². The van der Waals surface area contributed by atoms with Gasteiger partial charge < -0.3 is 15.2 Å². The quantitative estimate of drug-likeness (QED) is 0.752. The first-order valence-corrected chi connectivity index (χ1v) is 5.84. The van der Waals surface area contributed by atoms with E-state index in [1.165, 1.54) is 0 Å². The van der Waals surface area contributed by atoms with Gasteiger partial charge in [-0.2, -0.15) is 0 Å². The summed E-state index contributed by atoms with van der Waals surface area (Å²) >= 11 is 0. The van der Waals surface area contributed by atoms with Gasteiger partial charge in [-0.1, -0.05) is 24.3 Å². The third kappa shape index (κ3) is 1.48. The number of nitrogens with one attached hydrogen (secondary N) is 1. The summed E-state index contributed by atoms with van der Waals surface area (Å²) in [5, 5.41) is 12.6. The van der Waals surface area contributed by atoms with Gasteiger partial charge in [-0.15, -0.1) is 0 Å². The number of aliphatic carboxylic acids is 1. The van der Waals surface area contributed by atoms with E-state index < -0.39 is 11.9 Å². The SMILES string of the molecule is O=C(O)C1CNCC12COCc1ccccc12. The van der Waals surface area contributed by atoms with E-state index in [4.69, 9.17) is 4.74 Å². The van der Waals surface area contributed by atoms with Crippen LogP contribution in [0.2, 0.25) is 0 Å². The predicted octanol–water partition coefficient (Wildman–Crippen LogP) is 0.759. The Labute approximate surface area is 99.6 Å². The van der Waals surface area contributed by atoms with E-state index in [9.17, 15) is 9.90 Å². The summed E-state index contributed by atoms with van der Waals surface area (Å²) in [6.07, 6.45) is 0. The zero-order valence-electron chi connectivity index (χ0n) is 9.48. The fourth-order valence-electron chi connectivity index (χ4n) is 3.07. The molecule has 2 N–H and O–H groups in total. The monoisotopic (exact) mass is 233 g/mol. The van der Waals surface area contributed by atoms with Gasteiger partial charge in [0, 0.05) is 18.5 Å². The molecule has 2 unspecified atom stereocenters. The van der Waals surface area contributed by atoms with Gasteiger partial charge in [0.05, 0.1) is 19.1 Å². The molecule has 1 fully saturated rings. The Morgan fingerprint density at radius 3 is 3.12 bits per heavy atom. The summed E-state index contributed by atoms with van der Waals surface area (Å²) in [4.78, 5) is 11.4. The Balaban J connectivity index is 2.12. The molecule has 4 heteroatoms. The summed E-state index contributed by atoms with van der Waals surface area (Å²) < 4.78 is 5.61. The van der Waals surface area contributed by atoms with E-state index in [1.807, 2.05) is 24.3 Å². The van der Waals surface area contributed by atoms with Gasteiger partial charge >= 0.3 is 5.97 Å². The van der Waals surface area contributed by atoms with E-state index in [2.05, 4.69) is 5.32 Å². The first kappa shape index (κ1) is 10.7. The van der Waals surface area contributed by atoms with Crippen LogP contribution in [-0.4, -0.2) is 30.8 Å². The molecule has 4 nitrogen and oxygen atoms in total. The van der Waals surface area contributed by atoms with Gasteiger partial charge in [-0.3, -0.25) is 4.79 Å². The molecule has 0 bridgehead atoms. The normalized spacial score (nSPS) is 31.4. The maximum Gasteiger partial charge on any atom is 0.308 e. The molecule has 1 aromatic rings. The zero-order chi connectivity index (χ0) is 11.9. The Hall–Kier alpha value is -1.39. The standard InChI is InChI=1S/C13H15NO3/c15-12(16)11-5-14-7-13(11)8-17-6-9-3-1-2-4-10(9)13/h1-4,11,14H,5-8H2,(H,15,16). The average Bonchev–Trinajstić information content (AvgIpc) is 2.74. The van der Waals surface area contributed by atoms with Crippen molar-refractivity contribution in [3.8, 4) is 0 Å². The van der Waals surface area contributed by atoms with E-state index in [-0.39, 0.29) is 5.41 Å². The molecule has 0 radical (unpaired) electrons. The molecule has 1 aromatic carbocycles. The van der Waals surface area contributed by atoms with Crippen LogP contribution >= 0.6 is 0 Å². The highest BCUT2D eigenvalue weighted by Gasteiger charge is 2.50. The van der Waals surface area contributed by atoms with Gasteiger partial charge in [-0.05, 0) is 11.1 Å². The van der Waals surface area contributed by atoms with E-state index in [1.54, 1.807) is 0 Å². The third-order valence-electron chi connectivity index (χ3n) is 3.92. The third-order valence-corrected chi connectivity index (χ3v) is 3.92. The smallest absolute Gasteiger partial charge is 0.308 e. The van der Waals surface area contributed by atoms with Crippen LogP contribution in [-0.2, 0) is 21.6 Å². The van der Waals surface area contributed by atoms with Crippen LogP contribution in [0.5, 0.6) is 0 Å². The lowest BCUT2D eigenvalue weighted by Crippen LogP contribution is -2.46. The Bertz CT molecular complexity index is 460. The lowest BCUT2D eigenvalue weighted by Gasteiger charge is -2.38. The second kappa shape index (κ2) is 3.82. The summed E-state index contributed by atoms with van der Waals surface area (Å²) in [6, 6.07) is 8.01. The largest absolute Gasteiger partial charge is 0.481 e. The summed E-state index contributed by atoms with van der Waals surface area (Å²) in [5.41, 5.74) is 1.87. The highest BCUT2D eigenvalue weighted by molar-refractivity contribution is 5.74. The van der Waals surface area contributed by atoms with Crippen LogP contribution in [0.15, 0.2) is 24.3 Å². The molecule has 0 saturated carbocycles. The van der Waals surface area contributed by atoms with E-state index >= 15 is 0 Å². The van der Waals surface area contributed by atoms with Gasteiger partial charge in [0.2, 0.25) is 0 Å². The Morgan fingerprint density at radius 1 is 1.47 bits per heavy atom. The molecule has 90 valence electrons. The maximum absolute atomic E-state index is 11.4. The average molecular weight is 233 g/mol. The number of carbonyl (C=O) groups is 1. The van der Waals surface area contributed by atoms with Crippen molar-refractivity contribution in [3.05, 3.63) is 35.4 Å². The summed E-state index contributed by atoms with van der Waals surface area (Å²) in [6.45, 7) is 2.28. The van der Waals surface area contributed by atoms with Crippen LogP contribution in [0.25, 0.3) is 0 Å². The van der Waals surface area contributed by atoms with Crippen molar-refractivity contribution < 1.29 is 14.6 Å². The molecule has 0 amide bonds. The first-order valence-electron chi connectivity index (χ1n) is 5.84. The molecule has 2 aliphatic rings. The molecule has 3 rings (SSSR count). The van der Waals surface area contributed by atoms with Crippen molar-refractivity contribution in [2.45, 2.75) is 12.0 Å². The molecule has 17 heavy (non-hydrogen) atoms. The van der Waals surface area contributed by atoms with Gasteiger partial charge in [0.15, 0.2) is 0 Å². The minimum absolute atomic E-state index is 0.388. The number of carboxylic acids is 1. The first-order chi connectivity index (χ1) is 8.24. The van der Waals surface area contributed by atoms with Crippen molar-refractivity contribution in [2.75, 3.05) is 19.7 Å². The van der Waals surface area contributed by atoms with Gasteiger partial charge in [0.25, 0.3) is 0 Å².